The van der Waals surface area contributed by atoms with Gasteiger partial charge in [-0.2, -0.15) is 0 Å². The Balaban J connectivity index is 1.42. The average molecular weight is 348 g/mol. The Kier molecular flexibility index (Phi) is 2.88. The van der Waals surface area contributed by atoms with Gasteiger partial charge >= 0.3 is 0 Å². The molecule has 0 unspecified atom stereocenters. The first-order valence-corrected chi connectivity index (χ1v) is 9.04. The molecule has 128 valence electrons. The quantitative estimate of drug-likeness (QED) is 0.357. The summed E-state index contributed by atoms with van der Waals surface area (Å²) in [6, 6.07) is 29.1. The van der Waals surface area contributed by atoms with E-state index >= 15 is 0 Å². The Bertz CT molecular complexity index is 1340. The highest BCUT2D eigenvalue weighted by Crippen LogP contribution is 2.33. The Morgan fingerprint density at radius 3 is 1.41 bits per heavy atom. The van der Waals surface area contributed by atoms with Gasteiger partial charge in [0.15, 0.2) is 0 Å². The Morgan fingerprint density at radius 2 is 0.889 bits per heavy atom. The molecule has 4 aromatic carbocycles. The predicted molar refractivity (Wildman–Crippen MR) is 112 cm³/mol. The maximum Gasteiger partial charge on any atom is 0.129 e. The Hall–Kier alpha value is -3.72. The van der Waals surface area contributed by atoms with Gasteiger partial charge in [-0.15, -0.1) is 0 Å². The third-order valence-electron chi connectivity index (χ3n) is 5.19. The molecule has 27 heavy (non-hydrogen) atoms. The second kappa shape index (κ2) is 5.39. The Morgan fingerprint density at radius 1 is 0.444 bits per heavy atom. The first kappa shape index (κ1) is 14.4. The first-order valence-electron chi connectivity index (χ1n) is 9.04. The molecule has 0 atom stereocenters. The van der Waals surface area contributed by atoms with Crippen LogP contribution in [0.4, 0.5) is 0 Å². The van der Waals surface area contributed by atoms with Crippen LogP contribution in [0.15, 0.2) is 84.9 Å². The van der Waals surface area contributed by atoms with E-state index in [1.54, 1.807) is 0 Å². The fourth-order valence-corrected chi connectivity index (χ4v) is 3.93. The van der Waals surface area contributed by atoms with Crippen LogP contribution in [0.1, 0.15) is 0 Å². The zero-order valence-corrected chi connectivity index (χ0v) is 14.5. The van der Waals surface area contributed by atoms with Crippen LogP contribution >= 0.6 is 0 Å². The van der Waals surface area contributed by atoms with Gasteiger partial charge in [-0.1, -0.05) is 36.4 Å². The molecule has 2 heterocycles. The van der Waals surface area contributed by atoms with Crippen LogP contribution in [-0.4, -0.2) is 9.97 Å². The molecule has 0 amide bonds. The molecule has 3 heteroatoms. The zero-order chi connectivity index (χ0) is 17.8. The van der Waals surface area contributed by atoms with Crippen LogP contribution in [0.2, 0.25) is 0 Å². The molecule has 0 saturated carbocycles. The third kappa shape index (κ3) is 2.22. The summed E-state index contributed by atoms with van der Waals surface area (Å²) >= 11 is 0. The highest BCUT2D eigenvalue weighted by atomic mass is 16.5. The van der Waals surface area contributed by atoms with Crippen LogP contribution in [-0.2, 0) is 0 Å². The van der Waals surface area contributed by atoms with Crippen molar-refractivity contribution in [2.45, 2.75) is 0 Å². The van der Waals surface area contributed by atoms with E-state index in [1.807, 2.05) is 24.3 Å². The molecule has 0 saturated heterocycles. The normalized spacial score (nSPS) is 11.7. The molecule has 2 N–H and O–H groups in total. The van der Waals surface area contributed by atoms with Gasteiger partial charge in [0.05, 0.1) is 11.0 Å². The smallest absolute Gasteiger partial charge is 0.129 e. The fraction of sp³-hybridized carbons (Fsp3) is 0. The van der Waals surface area contributed by atoms with Crippen molar-refractivity contribution < 1.29 is 4.74 Å². The fourth-order valence-electron chi connectivity index (χ4n) is 3.93. The molecule has 0 bridgehead atoms. The largest absolute Gasteiger partial charge is 0.457 e. The summed E-state index contributed by atoms with van der Waals surface area (Å²) in [5, 5.41) is 4.89. The van der Waals surface area contributed by atoms with E-state index < -0.39 is 0 Å². The lowest BCUT2D eigenvalue weighted by Gasteiger charge is -2.06. The highest BCUT2D eigenvalue weighted by Gasteiger charge is 2.08. The summed E-state index contributed by atoms with van der Waals surface area (Å²) in [6.07, 6.45) is 0. The van der Waals surface area contributed by atoms with Crippen molar-refractivity contribution in [3.63, 3.8) is 0 Å². The summed E-state index contributed by atoms with van der Waals surface area (Å²) in [5.41, 5.74) is 4.45. The minimum absolute atomic E-state index is 0.824. The maximum absolute atomic E-state index is 6.15. The monoisotopic (exact) mass is 348 g/mol. The molecular formula is C24H16N2O. The molecule has 0 aliphatic heterocycles. The number of para-hydroxylation sites is 2. The van der Waals surface area contributed by atoms with Crippen LogP contribution < -0.4 is 4.74 Å². The van der Waals surface area contributed by atoms with E-state index in [2.05, 4.69) is 70.6 Å². The second-order valence-electron chi connectivity index (χ2n) is 6.86. The Labute approximate surface area is 155 Å². The van der Waals surface area contributed by atoms with E-state index in [-0.39, 0.29) is 0 Å². The molecule has 3 nitrogen and oxygen atoms in total. The SMILES string of the molecule is c1ccc2c(c1)[nH]c1cc(Oc3ccc4c(c3)[nH]c3ccccc34)ccc12. The van der Waals surface area contributed by atoms with Gasteiger partial charge < -0.3 is 14.7 Å². The lowest BCUT2D eigenvalue weighted by molar-refractivity contribution is 0.484. The van der Waals surface area contributed by atoms with Crippen molar-refractivity contribution in [1.29, 1.82) is 0 Å². The standard InChI is InChI=1S/C24H16N2O/c1-3-7-21-17(5-1)19-11-9-15(13-23(19)25-21)27-16-10-12-20-18-6-2-4-8-22(18)26-24(20)14-16/h1-14,25-26H. The van der Waals surface area contributed by atoms with Crippen molar-refractivity contribution >= 4 is 43.6 Å². The highest BCUT2D eigenvalue weighted by molar-refractivity contribution is 6.08. The van der Waals surface area contributed by atoms with Crippen LogP contribution in [0.3, 0.4) is 0 Å². The number of H-pyrrole nitrogens is 2. The minimum atomic E-state index is 0.824. The van der Waals surface area contributed by atoms with Gasteiger partial charge in [0.25, 0.3) is 0 Å². The topological polar surface area (TPSA) is 40.8 Å². The van der Waals surface area contributed by atoms with E-state index in [0.717, 1.165) is 33.6 Å². The van der Waals surface area contributed by atoms with E-state index in [1.165, 1.54) is 21.5 Å². The van der Waals surface area contributed by atoms with E-state index in [9.17, 15) is 0 Å². The molecule has 6 rings (SSSR count). The molecule has 0 fully saturated rings. The van der Waals surface area contributed by atoms with Crippen molar-refractivity contribution in [3.8, 4) is 11.5 Å². The van der Waals surface area contributed by atoms with Gasteiger partial charge in [-0.05, 0) is 36.4 Å². The van der Waals surface area contributed by atoms with Gasteiger partial charge in [-0.3, -0.25) is 0 Å². The molecule has 0 radical (unpaired) electrons. The van der Waals surface area contributed by atoms with Gasteiger partial charge in [0.1, 0.15) is 11.5 Å². The molecule has 0 aliphatic carbocycles. The van der Waals surface area contributed by atoms with Crippen molar-refractivity contribution in [1.82, 2.24) is 9.97 Å². The van der Waals surface area contributed by atoms with Crippen LogP contribution in [0.25, 0.3) is 43.6 Å². The summed E-state index contributed by atoms with van der Waals surface area (Å²) in [4.78, 5) is 6.93. The summed E-state index contributed by atoms with van der Waals surface area (Å²) in [6.45, 7) is 0. The molecule has 2 aromatic heterocycles. The number of hydrogen-bond acceptors (Lipinski definition) is 1. The molecule has 0 spiro atoms. The average Bonchev–Trinajstić information content (AvgIpc) is 3.25. The van der Waals surface area contributed by atoms with Crippen LogP contribution in [0.5, 0.6) is 11.5 Å². The molecule has 6 aromatic rings. The number of fused-ring (bicyclic) bond motifs is 6. The van der Waals surface area contributed by atoms with Gasteiger partial charge in [0, 0.05) is 44.7 Å². The van der Waals surface area contributed by atoms with Crippen molar-refractivity contribution in [3.05, 3.63) is 84.9 Å². The lowest BCUT2D eigenvalue weighted by Crippen LogP contribution is -1.84. The number of benzene rings is 4. The molecule has 0 aliphatic rings. The number of rotatable bonds is 2. The third-order valence-corrected chi connectivity index (χ3v) is 5.19. The maximum atomic E-state index is 6.15. The van der Waals surface area contributed by atoms with Gasteiger partial charge in [-0.25, -0.2) is 0 Å². The van der Waals surface area contributed by atoms with Gasteiger partial charge in [0.2, 0.25) is 0 Å². The number of nitrogens with one attached hydrogen (secondary N) is 2. The van der Waals surface area contributed by atoms with Crippen molar-refractivity contribution in [2.75, 3.05) is 0 Å². The number of hydrogen-bond donors (Lipinski definition) is 2. The summed E-state index contributed by atoms with van der Waals surface area (Å²) < 4.78 is 6.15. The predicted octanol–water partition coefficient (Wildman–Crippen LogP) is 6.75. The van der Waals surface area contributed by atoms with E-state index in [0.29, 0.717) is 0 Å². The van der Waals surface area contributed by atoms with Crippen molar-refractivity contribution in [2.24, 2.45) is 0 Å². The summed E-state index contributed by atoms with van der Waals surface area (Å²) in [7, 11) is 0. The van der Waals surface area contributed by atoms with Crippen LogP contribution in [0, 0.1) is 0 Å². The second-order valence-corrected chi connectivity index (χ2v) is 6.86. The lowest BCUT2D eigenvalue weighted by atomic mass is 10.1. The number of aromatic amines is 2. The zero-order valence-electron chi connectivity index (χ0n) is 14.5. The summed E-state index contributed by atoms with van der Waals surface area (Å²) in [5.74, 6) is 1.65. The van der Waals surface area contributed by atoms with E-state index in [4.69, 9.17) is 4.74 Å². The minimum Gasteiger partial charge on any atom is -0.457 e. The first-order chi connectivity index (χ1) is 13.3. The molecular weight excluding hydrogens is 332 g/mol. The number of ether oxygens (including phenoxy) is 1. The number of aromatic nitrogens is 2.